The van der Waals surface area contributed by atoms with Gasteiger partial charge >= 0.3 is 0 Å². The van der Waals surface area contributed by atoms with Crippen molar-refractivity contribution in [3.8, 4) is 11.5 Å². The summed E-state index contributed by atoms with van der Waals surface area (Å²) in [6.45, 7) is 0. The SMILES string of the molecule is O=C(Nc1ccccc1)c1cccc(CSc2nnc(-c3ccncc3)o2)c1. The highest BCUT2D eigenvalue weighted by atomic mass is 32.2. The van der Waals surface area contributed by atoms with Crippen LogP contribution in [0.4, 0.5) is 5.69 Å². The zero-order valence-corrected chi connectivity index (χ0v) is 15.6. The quantitative estimate of drug-likeness (QED) is 0.483. The molecule has 7 heteroatoms. The van der Waals surface area contributed by atoms with Crippen molar-refractivity contribution in [2.75, 3.05) is 5.32 Å². The first kappa shape index (κ1) is 17.9. The van der Waals surface area contributed by atoms with Gasteiger partial charge in [-0.05, 0) is 42.0 Å². The van der Waals surface area contributed by atoms with Gasteiger partial charge in [-0.25, -0.2) is 0 Å². The summed E-state index contributed by atoms with van der Waals surface area (Å²) in [5, 5.41) is 11.5. The Morgan fingerprint density at radius 1 is 0.964 bits per heavy atom. The molecule has 0 spiro atoms. The number of carbonyl (C=O) groups excluding carboxylic acids is 1. The molecule has 6 nitrogen and oxygen atoms in total. The summed E-state index contributed by atoms with van der Waals surface area (Å²) < 4.78 is 5.68. The van der Waals surface area contributed by atoms with Crippen molar-refractivity contribution < 1.29 is 9.21 Å². The Kier molecular flexibility index (Phi) is 5.44. The molecular formula is C21H16N4O2S. The van der Waals surface area contributed by atoms with Crippen LogP contribution >= 0.6 is 11.8 Å². The van der Waals surface area contributed by atoms with Crippen molar-refractivity contribution in [1.29, 1.82) is 0 Å². The summed E-state index contributed by atoms with van der Waals surface area (Å²) in [4.78, 5) is 16.4. The van der Waals surface area contributed by atoms with Crippen molar-refractivity contribution in [3.05, 3.63) is 90.3 Å². The maximum absolute atomic E-state index is 12.4. The number of aromatic nitrogens is 3. The fourth-order valence-corrected chi connectivity index (χ4v) is 3.26. The third-order valence-electron chi connectivity index (χ3n) is 3.92. The fourth-order valence-electron chi connectivity index (χ4n) is 2.55. The third kappa shape index (κ3) is 4.44. The molecule has 0 fully saturated rings. The Balaban J connectivity index is 1.40. The van der Waals surface area contributed by atoms with Crippen LogP contribution in [0.1, 0.15) is 15.9 Å². The van der Waals surface area contributed by atoms with Gasteiger partial charge in [-0.1, -0.05) is 42.1 Å². The van der Waals surface area contributed by atoms with Gasteiger partial charge in [0.1, 0.15) is 0 Å². The lowest BCUT2D eigenvalue weighted by Crippen LogP contribution is -2.11. The fraction of sp³-hybridized carbons (Fsp3) is 0.0476. The smallest absolute Gasteiger partial charge is 0.277 e. The summed E-state index contributed by atoms with van der Waals surface area (Å²) in [6.07, 6.45) is 3.36. The van der Waals surface area contributed by atoms with E-state index in [1.807, 2.05) is 60.7 Å². The molecule has 28 heavy (non-hydrogen) atoms. The van der Waals surface area contributed by atoms with Crippen LogP contribution in [0.3, 0.4) is 0 Å². The molecule has 1 amide bonds. The van der Waals surface area contributed by atoms with E-state index in [1.165, 1.54) is 11.8 Å². The molecular weight excluding hydrogens is 372 g/mol. The minimum Gasteiger partial charge on any atom is -0.411 e. The van der Waals surface area contributed by atoms with Gasteiger partial charge in [0.05, 0.1) is 0 Å². The van der Waals surface area contributed by atoms with Gasteiger partial charge in [0.25, 0.3) is 11.1 Å². The van der Waals surface area contributed by atoms with E-state index in [4.69, 9.17) is 4.42 Å². The number of thioether (sulfide) groups is 1. The first-order valence-electron chi connectivity index (χ1n) is 8.60. The average Bonchev–Trinajstić information content (AvgIpc) is 3.23. The molecule has 0 aliphatic heterocycles. The van der Waals surface area contributed by atoms with Gasteiger partial charge in [-0.2, -0.15) is 0 Å². The Morgan fingerprint density at radius 2 is 1.79 bits per heavy atom. The minimum absolute atomic E-state index is 0.143. The van der Waals surface area contributed by atoms with E-state index < -0.39 is 0 Å². The second-order valence-electron chi connectivity index (χ2n) is 5.92. The Hall–Kier alpha value is -3.45. The molecule has 4 rings (SSSR count). The average molecular weight is 388 g/mol. The molecule has 0 aliphatic rings. The number of para-hydroxylation sites is 1. The second kappa shape index (κ2) is 8.49. The number of anilines is 1. The van der Waals surface area contributed by atoms with Gasteiger partial charge in [0, 0.05) is 35.0 Å². The highest BCUT2D eigenvalue weighted by Crippen LogP contribution is 2.25. The van der Waals surface area contributed by atoms with Crippen molar-refractivity contribution in [2.45, 2.75) is 11.0 Å². The summed E-state index contributed by atoms with van der Waals surface area (Å²) >= 11 is 1.43. The van der Waals surface area contributed by atoms with E-state index in [0.717, 1.165) is 16.8 Å². The molecule has 0 aliphatic carbocycles. The highest BCUT2D eigenvalue weighted by molar-refractivity contribution is 7.98. The van der Waals surface area contributed by atoms with E-state index in [2.05, 4.69) is 20.5 Å². The van der Waals surface area contributed by atoms with Gasteiger partial charge in [0.15, 0.2) is 0 Å². The lowest BCUT2D eigenvalue weighted by molar-refractivity contribution is 0.102. The number of rotatable bonds is 6. The van der Waals surface area contributed by atoms with E-state index in [0.29, 0.717) is 22.4 Å². The van der Waals surface area contributed by atoms with Crippen molar-refractivity contribution in [2.24, 2.45) is 0 Å². The third-order valence-corrected chi connectivity index (χ3v) is 4.81. The molecule has 0 saturated heterocycles. The van der Waals surface area contributed by atoms with Gasteiger partial charge < -0.3 is 9.73 Å². The molecule has 0 bridgehead atoms. The molecule has 0 radical (unpaired) electrons. The van der Waals surface area contributed by atoms with Crippen LogP contribution in [0.5, 0.6) is 0 Å². The number of nitrogens with one attached hydrogen (secondary N) is 1. The van der Waals surface area contributed by atoms with E-state index in [1.54, 1.807) is 18.5 Å². The summed E-state index contributed by atoms with van der Waals surface area (Å²) in [5.41, 5.74) is 3.19. The number of nitrogens with zero attached hydrogens (tertiary/aromatic N) is 3. The molecule has 2 aromatic heterocycles. The monoisotopic (exact) mass is 388 g/mol. The Labute approximate surface area is 166 Å². The van der Waals surface area contributed by atoms with Crippen LogP contribution in [0.25, 0.3) is 11.5 Å². The molecule has 138 valence electrons. The maximum atomic E-state index is 12.4. The molecule has 0 saturated carbocycles. The summed E-state index contributed by atoms with van der Waals surface area (Å²) in [5.74, 6) is 0.932. The number of carbonyl (C=O) groups is 1. The number of benzene rings is 2. The summed E-state index contributed by atoms with van der Waals surface area (Å²) in [7, 11) is 0. The first-order valence-corrected chi connectivity index (χ1v) is 9.58. The van der Waals surface area contributed by atoms with Gasteiger partial charge in [-0.15, -0.1) is 10.2 Å². The number of amides is 1. The predicted molar refractivity (Wildman–Crippen MR) is 108 cm³/mol. The zero-order valence-electron chi connectivity index (χ0n) is 14.8. The number of hydrogen-bond donors (Lipinski definition) is 1. The van der Waals surface area contributed by atoms with E-state index >= 15 is 0 Å². The van der Waals surface area contributed by atoms with Gasteiger partial charge in [0.2, 0.25) is 5.89 Å². The van der Waals surface area contributed by atoms with Crippen LogP contribution < -0.4 is 5.32 Å². The van der Waals surface area contributed by atoms with Crippen LogP contribution in [-0.4, -0.2) is 21.1 Å². The Morgan fingerprint density at radius 3 is 2.61 bits per heavy atom. The van der Waals surface area contributed by atoms with Crippen LogP contribution in [-0.2, 0) is 5.75 Å². The minimum atomic E-state index is -0.143. The topological polar surface area (TPSA) is 80.9 Å². The van der Waals surface area contributed by atoms with Crippen LogP contribution in [0, 0.1) is 0 Å². The van der Waals surface area contributed by atoms with Crippen LogP contribution in [0.15, 0.2) is 88.8 Å². The summed E-state index contributed by atoms with van der Waals surface area (Å²) in [6, 6.07) is 20.5. The highest BCUT2D eigenvalue weighted by Gasteiger charge is 2.10. The lowest BCUT2D eigenvalue weighted by atomic mass is 10.1. The van der Waals surface area contributed by atoms with Crippen LogP contribution in [0.2, 0.25) is 0 Å². The largest absolute Gasteiger partial charge is 0.411 e. The normalized spacial score (nSPS) is 10.6. The second-order valence-corrected chi connectivity index (χ2v) is 6.84. The van der Waals surface area contributed by atoms with Gasteiger partial charge in [-0.3, -0.25) is 9.78 Å². The predicted octanol–water partition coefficient (Wildman–Crippen LogP) is 4.68. The zero-order chi connectivity index (χ0) is 19.2. The molecule has 2 aromatic carbocycles. The molecule has 0 unspecified atom stereocenters. The maximum Gasteiger partial charge on any atom is 0.277 e. The van der Waals surface area contributed by atoms with Crippen molar-refractivity contribution >= 4 is 23.4 Å². The standard InChI is InChI=1S/C21H16N4O2S/c26-19(23-18-7-2-1-3-8-18)17-6-4-5-15(13-17)14-28-21-25-24-20(27-21)16-9-11-22-12-10-16/h1-13H,14H2,(H,23,26). The Bertz CT molecular complexity index is 1070. The van der Waals surface area contributed by atoms with E-state index in [9.17, 15) is 4.79 Å². The molecule has 0 atom stereocenters. The first-order chi connectivity index (χ1) is 13.8. The number of hydrogen-bond acceptors (Lipinski definition) is 6. The van der Waals surface area contributed by atoms with Crippen molar-refractivity contribution in [1.82, 2.24) is 15.2 Å². The molecule has 4 aromatic rings. The molecule has 1 N–H and O–H groups in total. The lowest BCUT2D eigenvalue weighted by Gasteiger charge is -2.06. The van der Waals surface area contributed by atoms with E-state index in [-0.39, 0.29) is 5.91 Å². The molecule has 2 heterocycles. The number of pyridine rings is 1. The van der Waals surface area contributed by atoms with Crippen molar-refractivity contribution in [3.63, 3.8) is 0 Å².